The highest BCUT2D eigenvalue weighted by Gasteiger charge is 2.37. The maximum absolute atomic E-state index is 11.6. The maximum atomic E-state index is 11.6. The van der Waals surface area contributed by atoms with Crippen LogP contribution in [0, 0.1) is 0 Å². The van der Waals surface area contributed by atoms with E-state index in [2.05, 4.69) is 5.10 Å². The third kappa shape index (κ3) is 0.867. The van der Waals surface area contributed by atoms with Crippen LogP contribution in [0.5, 0.6) is 0 Å². The van der Waals surface area contributed by atoms with Crippen molar-refractivity contribution in [1.29, 1.82) is 0 Å². The molecule has 0 bridgehead atoms. The van der Waals surface area contributed by atoms with Gasteiger partial charge in [0.15, 0.2) is 0 Å². The molecule has 1 aromatic heterocycles. The summed E-state index contributed by atoms with van der Waals surface area (Å²) in [6.07, 6.45) is 4.06. The van der Waals surface area contributed by atoms with Gasteiger partial charge in [0, 0.05) is 5.57 Å². The maximum Gasteiger partial charge on any atom is 0.334 e. The van der Waals surface area contributed by atoms with Crippen LogP contribution >= 0.6 is 0 Å². The highest BCUT2D eigenvalue weighted by atomic mass is 16.2. The molecule has 2 heterocycles. The SMILES string of the molecule is O=C1C=CC2=Cn3[nH]c(=O)c(=O)n3C2C1=O. The van der Waals surface area contributed by atoms with E-state index in [0.717, 1.165) is 15.6 Å². The van der Waals surface area contributed by atoms with Crippen molar-refractivity contribution in [3.05, 3.63) is 38.4 Å². The highest BCUT2D eigenvalue weighted by molar-refractivity contribution is 6.44. The molecule has 0 saturated heterocycles. The molecular formula is C9H5N3O4. The number of H-pyrrole nitrogens is 1. The Hall–Kier alpha value is -2.44. The van der Waals surface area contributed by atoms with Crippen LogP contribution in [0.3, 0.4) is 0 Å². The van der Waals surface area contributed by atoms with E-state index in [1.54, 1.807) is 0 Å². The number of nitrogens with one attached hydrogen (secondary N) is 1. The summed E-state index contributed by atoms with van der Waals surface area (Å²) in [7, 11) is 0. The van der Waals surface area contributed by atoms with Gasteiger partial charge in [0.1, 0.15) is 6.04 Å². The van der Waals surface area contributed by atoms with Gasteiger partial charge in [0.2, 0.25) is 11.6 Å². The summed E-state index contributed by atoms with van der Waals surface area (Å²) in [5.41, 5.74) is -1.14. The number of fused-ring (bicyclic) bond motifs is 3. The molecular weight excluding hydrogens is 214 g/mol. The Balaban J connectivity index is 2.34. The van der Waals surface area contributed by atoms with Gasteiger partial charge >= 0.3 is 11.1 Å². The zero-order valence-electron chi connectivity index (χ0n) is 7.84. The first kappa shape index (κ1) is 8.84. The summed E-state index contributed by atoms with van der Waals surface area (Å²) < 4.78 is 0.946. The Kier molecular flexibility index (Phi) is 1.42. The molecule has 80 valence electrons. The molecule has 0 aromatic carbocycles. The van der Waals surface area contributed by atoms with Crippen LogP contribution in [0.4, 0.5) is 0 Å². The standard InChI is InChI=1S/C9H5N3O4/c13-5-2-1-4-3-11-10-8(15)9(16)12(11)6(4)7(5)14/h1-3,6H,(H,10,15). The number of allylic oxidation sites excluding steroid dienone is 3. The number of ketones is 2. The van der Waals surface area contributed by atoms with E-state index in [1.165, 1.54) is 12.3 Å². The number of carbonyl (C=O) groups excluding carboxylic acids is 2. The van der Waals surface area contributed by atoms with E-state index >= 15 is 0 Å². The largest absolute Gasteiger partial charge is 0.334 e. The minimum atomic E-state index is -0.996. The van der Waals surface area contributed by atoms with Gasteiger partial charge in [0.05, 0.1) is 6.20 Å². The molecule has 2 aliphatic rings. The van der Waals surface area contributed by atoms with Crippen LogP contribution in [-0.2, 0) is 9.59 Å². The topological polar surface area (TPSA) is 93.9 Å². The van der Waals surface area contributed by atoms with Gasteiger partial charge in [-0.15, -0.1) is 0 Å². The summed E-state index contributed by atoms with van der Waals surface area (Å²) >= 11 is 0. The molecule has 16 heavy (non-hydrogen) atoms. The van der Waals surface area contributed by atoms with Gasteiger partial charge in [-0.3, -0.25) is 19.2 Å². The van der Waals surface area contributed by atoms with Crippen molar-refractivity contribution in [2.24, 2.45) is 0 Å². The lowest BCUT2D eigenvalue weighted by molar-refractivity contribution is -0.135. The fourth-order valence-electron chi connectivity index (χ4n) is 1.88. The second-order valence-electron chi connectivity index (χ2n) is 3.53. The second-order valence-corrected chi connectivity index (χ2v) is 3.53. The van der Waals surface area contributed by atoms with Crippen molar-refractivity contribution < 1.29 is 9.59 Å². The first-order valence-corrected chi connectivity index (χ1v) is 4.51. The monoisotopic (exact) mass is 219 g/mol. The van der Waals surface area contributed by atoms with Gasteiger partial charge < -0.3 is 0 Å². The number of Topliss-reactive ketones (excluding diaryl/α,β-unsaturated/α-hetero) is 1. The van der Waals surface area contributed by atoms with E-state index in [-0.39, 0.29) is 0 Å². The third-order valence-corrected chi connectivity index (χ3v) is 2.60. The van der Waals surface area contributed by atoms with E-state index in [4.69, 9.17) is 0 Å². The molecule has 1 unspecified atom stereocenters. The quantitative estimate of drug-likeness (QED) is 0.534. The van der Waals surface area contributed by atoms with Gasteiger partial charge in [-0.2, -0.15) is 4.80 Å². The van der Waals surface area contributed by atoms with Crippen molar-refractivity contribution in [3.63, 3.8) is 0 Å². The lowest BCUT2D eigenvalue weighted by Crippen LogP contribution is -2.37. The highest BCUT2D eigenvalue weighted by Crippen LogP contribution is 2.27. The van der Waals surface area contributed by atoms with Gasteiger partial charge in [-0.05, 0) is 6.08 Å². The first-order chi connectivity index (χ1) is 7.59. The van der Waals surface area contributed by atoms with Crippen LogP contribution in [0.2, 0.25) is 0 Å². The molecule has 3 rings (SSSR count). The zero-order chi connectivity index (χ0) is 11.4. The fraction of sp³-hybridized carbons (Fsp3) is 0.111. The van der Waals surface area contributed by atoms with E-state index < -0.39 is 28.7 Å². The zero-order valence-corrected chi connectivity index (χ0v) is 7.84. The molecule has 0 fully saturated rings. The predicted molar refractivity (Wildman–Crippen MR) is 51.8 cm³/mol. The summed E-state index contributed by atoms with van der Waals surface area (Å²) in [6, 6.07) is -0.996. The van der Waals surface area contributed by atoms with Crippen molar-refractivity contribution >= 4 is 17.8 Å². The molecule has 1 N–H and O–H groups in total. The third-order valence-electron chi connectivity index (χ3n) is 2.60. The summed E-state index contributed by atoms with van der Waals surface area (Å²) in [4.78, 5) is 46.4. The smallest absolute Gasteiger partial charge is 0.288 e. The number of carbonyl (C=O) groups is 2. The minimum Gasteiger partial charge on any atom is -0.288 e. The normalized spacial score (nSPS) is 22.0. The second kappa shape index (κ2) is 2.57. The number of nitrogens with zero attached hydrogens (tertiary/aromatic N) is 2. The molecule has 1 aromatic rings. The average Bonchev–Trinajstić information content (AvgIpc) is 2.72. The predicted octanol–water partition coefficient (Wildman–Crippen LogP) is -1.56. The molecule has 0 spiro atoms. The number of rotatable bonds is 0. The number of hydrogen-bond acceptors (Lipinski definition) is 4. The van der Waals surface area contributed by atoms with Crippen LogP contribution in [0.15, 0.2) is 27.3 Å². The first-order valence-electron chi connectivity index (χ1n) is 4.51. The van der Waals surface area contributed by atoms with Crippen molar-refractivity contribution in [3.8, 4) is 0 Å². The minimum absolute atomic E-state index is 0.512. The van der Waals surface area contributed by atoms with E-state index in [9.17, 15) is 19.2 Å². The molecule has 1 atom stereocenters. The molecule has 0 saturated carbocycles. The Morgan fingerprint density at radius 3 is 2.62 bits per heavy atom. The molecule has 0 amide bonds. The van der Waals surface area contributed by atoms with E-state index in [0.29, 0.717) is 5.57 Å². The van der Waals surface area contributed by atoms with Crippen molar-refractivity contribution in [1.82, 2.24) is 14.6 Å². The Bertz CT molecular complexity index is 697. The van der Waals surface area contributed by atoms with Gasteiger partial charge in [0.25, 0.3) is 0 Å². The van der Waals surface area contributed by atoms with Crippen LogP contribution in [0.1, 0.15) is 6.04 Å². The van der Waals surface area contributed by atoms with Gasteiger partial charge in [-0.1, -0.05) is 6.08 Å². The average molecular weight is 219 g/mol. The van der Waals surface area contributed by atoms with Crippen LogP contribution < -0.4 is 11.1 Å². The van der Waals surface area contributed by atoms with Crippen molar-refractivity contribution in [2.45, 2.75) is 6.04 Å². The number of hydrogen-bond donors (Lipinski definition) is 1. The summed E-state index contributed by atoms with van der Waals surface area (Å²) in [5.74, 6) is -1.38. The van der Waals surface area contributed by atoms with Gasteiger partial charge in [-0.25, -0.2) is 9.78 Å². The molecule has 7 nitrogen and oxygen atoms in total. The van der Waals surface area contributed by atoms with E-state index in [1.807, 2.05) is 0 Å². The molecule has 0 radical (unpaired) electrons. The Morgan fingerprint density at radius 1 is 1.12 bits per heavy atom. The number of aromatic nitrogens is 3. The fourth-order valence-corrected chi connectivity index (χ4v) is 1.88. The Labute approximate surface area is 87.2 Å². The molecule has 1 aliphatic carbocycles. The Morgan fingerprint density at radius 2 is 1.88 bits per heavy atom. The molecule has 7 heteroatoms. The number of aromatic amines is 1. The lowest BCUT2D eigenvalue weighted by Gasteiger charge is -2.13. The van der Waals surface area contributed by atoms with Crippen LogP contribution in [-0.4, -0.2) is 26.1 Å². The van der Waals surface area contributed by atoms with Crippen molar-refractivity contribution in [2.75, 3.05) is 0 Å². The molecule has 1 aliphatic heterocycles. The lowest BCUT2D eigenvalue weighted by atomic mass is 9.95. The van der Waals surface area contributed by atoms with Crippen LogP contribution in [0.25, 0.3) is 6.20 Å². The summed E-state index contributed by atoms with van der Waals surface area (Å²) in [5, 5.41) is 2.25. The summed E-state index contributed by atoms with van der Waals surface area (Å²) in [6.45, 7) is 0.